The summed E-state index contributed by atoms with van der Waals surface area (Å²) in [6, 6.07) is 0. The average Bonchev–Trinajstić information content (AvgIpc) is 2.44. The van der Waals surface area contributed by atoms with Gasteiger partial charge in [0.05, 0.1) is 18.1 Å². The molecular formula is C7H11NO2. The molecule has 2 rings (SSSR count). The van der Waals surface area contributed by atoms with Gasteiger partial charge < -0.3 is 10.5 Å². The maximum atomic E-state index is 10.7. The zero-order valence-electron chi connectivity index (χ0n) is 5.75. The maximum Gasteiger partial charge on any atom is 0.223 e. The van der Waals surface area contributed by atoms with Crippen molar-refractivity contribution in [3.05, 3.63) is 0 Å². The minimum atomic E-state index is -0.188. The van der Waals surface area contributed by atoms with Gasteiger partial charge in [-0.1, -0.05) is 0 Å². The molecule has 2 heterocycles. The second-order valence-electron chi connectivity index (χ2n) is 3.12. The third kappa shape index (κ3) is 0.736. The van der Waals surface area contributed by atoms with Gasteiger partial charge in [-0.2, -0.15) is 0 Å². The summed E-state index contributed by atoms with van der Waals surface area (Å²) in [5, 5.41) is 0. The Morgan fingerprint density at radius 3 is 2.60 bits per heavy atom. The summed E-state index contributed by atoms with van der Waals surface area (Å²) in [7, 11) is 0. The zero-order valence-corrected chi connectivity index (χ0v) is 5.75. The fraction of sp³-hybridized carbons (Fsp3) is 0.857. The molecule has 2 aliphatic heterocycles. The molecule has 0 saturated carbocycles. The summed E-state index contributed by atoms with van der Waals surface area (Å²) in [5.41, 5.74) is 5.17. The number of carbonyl (C=O) groups excluding carboxylic acids is 1. The summed E-state index contributed by atoms with van der Waals surface area (Å²) in [5.74, 6) is -0.175. The lowest BCUT2D eigenvalue weighted by Crippen LogP contribution is -2.30. The van der Waals surface area contributed by atoms with Crippen LogP contribution in [-0.4, -0.2) is 18.1 Å². The van der Waals surface area contributed by atoms with Crippen LogP contribution in [0.15, 0.2) is 0 Å². The van der Waals surface area contributed by atoms with Gasteiger partial charge in [-0.05, 0) is 19.3 Å². The highest BCUT2D eigenvalue weighted by atomic mass is 16.5. The lowest BCUT2D eigenvalue weighted by Gasteiger charge is -2.13. The summed E-state index contributed by atoms with van der Waals surface area (Å²) < 4.78 is 5.45. The van der Waals surface area contributed by atoms with Gasteiger partial charge in [0.2, 0.25) is 5.91 Å². The molecule has 1 amide bonds. The van der Waals surface area contributed by atoms with Crippen molar-refractivity contribution in [2.45, 2.75) is 31.5 Å². The number of fused-ring (bicyclic) bond motifs is 2. The van der Waals surface area contributed by atoms with Gasteiger partial charge in [0.15, 0.2) is 0 Å². The Bertz CT molecular complexity index is 169. The van der Waals surface area contributed by atoms with Crippen LogP contribution < -0.4 is 5.73 Å². The summed E-state index contributed by atoms with van der Waals surface area (Å²) in [6.45, 7) is 0. The van der Waals surface area contributed by atoms with Crippen molar-refractivity contribution in [1.29, 1.82) is 0 Å². The lowest BCUT2D eigenvalue weighted by molar-refractivity contribution is -0.123. The van der Waals surface area contributed by atoms with E-state index in [1.165, 1.54) is 0 Å². The second-order valence-corrected chi connectivity index (χ2v) is 3.12. The molecule has 3 heteroatoms. The topological polar surface area (TPSA) is 52.3 Å². The molecule has 10 heavy (non-hydrogen) atoms. The number of ether oxygens (including phenoxy) is 1. The van der Waals surface area contributed by atoms with Crippen molar-refractivity contribution >= 4 is 5.91 Å². The SMILES string of the molecule is NC(=O)C1CC2CCC1O2. The van der Waals surface area contributed by atoms with Crippen molar-refractivity contribution in [2.75, 3.05) is 0 Å². The molecule has 56 valence electrons. The van der Waals surface area contributed by atoms with Crippen LogP contribution in [0.3, 0.4) is 0 Å². The van der Waals surface area contributed by atoms with Crippen molar-refractivity contribution in [3.8, 4) is 0 Å². The predicted octanol–water partition coefficient (Wildman–Crippen LogP) is 0.0392. The molecule has 0 radical (unpaired) electrons. The molecule has 3 unspecified atom stereocenters. The lowest BCUT2D eigenvalue weighted by atomic mass is 9.89. The van der Waals surface area contributed by atoms with E-state index in [0.29, 0.717) is 6.10 Å². The van der Waals surface area contributed by atoms with Crippen LogP contribution in [0, 0.1) is 5.92 Å². The Hall–Kier alpha value is -0.570. The van der Waals surface area contributed by atoms with Crippen LogP contribution in [-0.2, 0) is 9.53 Å². The van der Waals surface area contributed by atoms with Crippen LogP contribution in [0.1, 0.15) is 19.3 Å². The Balaban J connectivity index is 2.08. The first-order valence-corrected chi connectivity index (χ1v) is 3.72. The number of nitrogens with two attached hydrogens (primary N) is 1. The minimum Gasteiger partial charge on any atom is -0.374 e. The van der Waals surface area contributed by atoms with E-state index in [2.05, 4.69) is 0 Å². The molecule has 0 spiro atoms. The monoisotopic (exact) mass is 141 g/mol. The number of rotatable bonds is 1. The average molecular weight is 141 g/mol. The fourth-order valence-corrected chi connectivity index (χ4v) is 1.94. The smallest absolute Gasteiger partial charge is 0.223 e. The van der Waals surface area contributed by atoms with E-state index in [1.54, 1.807) is 0 Å². The van der Waals surface area contributed by atoms with E-state index in [1.807, 2.05) is 0 Å². The molecule has 0 aliphatic carbocycles. The third-order valence-electron chi connectivity index (χ3n) is 2.47. The fourth-order valence-electron chi connectivity index (χ4n) is 1.94. The first-order valence-electron chi connectivity index (χ1n) is 3.72. The number of carbonyl (C=O) groups is 1. The molecule has 3 atom stereocenters. The second kappa shape index (κ2) is 1.95. The Morgan fingerprint density at radius 1 is 1.50 bits per heavy atom. The summed E-state index contributed by atoms with van der Waals surface area (Å²) >= 11 is 0. The van der Waals surface area contributed by atoms with Gasteiger partial charge in [-0.25, -0.2) is 0 Å². The molecule has 0 aromatic carbocycles. The number of amides is 1. The van der Waals surface area contributed by atoms with Crippen molar-refractivity contribution in [3.63, 3.8) is 0 Å². The van der Waals surface area contributed by atoms with Gasteiger partial charge in [-0.15, -0.1) is 0 Å². The maximum absolute atomic E-state index is 10.7. The molecule has 2 aliphatic rings. The van der Waals surface area contributed by atoms with E-state index in [0.717, 1.165) is 19.3 Å². The van der Waals surface area contributed by atoms with Crippen LogP contribution in [0.2, 0.25) is 0 Å². The standard InChI is InChI=1S/C7H11NO2/c8-7(9)5-3-4-1-2-6(5)10-4/h4-6H,1-3H2,(H2,8,9). The highest BCUT2D eigenvalue weighted by molar-refractivity contribution is 5.77. The molecule has 2 saturated heterocycles. The zero-order chi connectivity index (χ0) is 7.14. The van der Waals surface area contributed by atoms with E-state index >= 15 is 0 Å². The molecule has 0 aromatic heterocycles. The van der Waals surface area contributed by atoms with Gasteiger partial charge in [0, 0.05) is 0 Å². The summed E-state index contributed by atoms with van der Waals surface area (Å²) in [6.07, 6.45) is 3.50. The van der Waals surface area contributed by atoms with Crippen molar-refractivity contribution in [1.82, 2.24) is 0 Å². The van der Waals surface area contributed by atoms with Gasteiger partial charge in [0.1, 0.15) is 0 Å². The summed E-state index contributed by atoms with van der Waals surface area (Å²) in [4.78, 5) is 10.7. The third-order valence-corrected chi connectivity index (χ3v) is 2.47. The van der Waals surface area contributed by atoms with Crippen molar-refractivity contribution < 1.29 is 9.53 Å². The van der Waals surface area contributed by atoms with Crippen LogP contribution in [0.25, 0.3) is 0 Å². The minimum absolute atomic E-state index is 0.0127. The normalized spacial score (nSPS) is 44.2. The number of hydrogen-bond acceptors (Lipinski definition) is 2. The molecule has 2 bridgehead atoms. The number of hydrogen-bond donors (Lipinski definition) is 1. The van der Waals surface area contributed by atoms with Gasteiger partial charge in [0.25, 0.3) is 0 Å². The van der Waals surface area contributed by atoms with E-state index in [9.17, 15) is 4.79 Å². The molecule has 3 nitrogen and oxygen atoms in total. The van der Waals surface area contributed by atoms with E-state index < -0.39 is 0 Å². The first-order chi connectivity index (χ1) is 4.77. The Kier molecular flexibility index (Phi) is 1.20. The van der Waals surface area contributed by atoms with E-state index in [-0.39, 0.29) is 17.9 Å². The Morgan fingerprint density at radius 2 is 2.30 bits per heavy atom. The number of primary amides is 1. The Labute approximate surface area is 59.5 Å². The van der Waals surface area contributed by atoms with Crippen LogP contribution in [0.4, 0.5) is 0 Å². The van der Waals surface area contributed by atoms with E-state index in [4.69, 9.17) is 10.5 Å². The van der Waals surface area contributed by atoms with Crippen LogP contribution >= 0.6 is 0 Å². The van der Waals surface area contributed by atoms with Crippen molar-refractivity contribution in [2.24, 2.45) is 11.7 Å². The molecule has 2 N–H and O–H groups in total. The van der Waals surface area contributed by atoms with Gasteiger partial charge >= 0.3 is 0 Å². The largest absolute Gasteiger partial charge is 0.374 e. The molecule has 0 aromatic rings. The molecule has 2 fully saturated rings. The van der Waals surface area contributed by atoms with Crippen LogP contribution in [0.5, 0.6) is 0 Å². The highest BCUT2D eigenvalue weighted by Crippen LogP contribution is 2.38. The first kappa shape index (κ1) is 6.16. The molecular weight excluding hydrogens is 130 g/mol. The predicted molar refractivity (Wildman–Crippen MR) is 35.2 cm³/mol. The highest BCUT2D eigenvalue weighted by Gasteiger charge is 2.43. The quantitative estimate of drug-likeness (QED) is 0.560. The van der Waals surface area contributed by atoms with Gasteiger partial charge in [-0.3, -0.25) is 4.79 Å².